The quantitative estimate of drug-likeness (QED) is 0.613. The molecule has 3 aliphatic carbocycles. The Morgan fingerprint density at radius 1 is 1.10 bits per heavy atom. The van der Waals surface area contributed by atoms with E-state index in [1.807, 2.05) is 6.07 Å². The molecule has 2 bridgehead atoms. The largest absolute Gasteiger partial charge is 0.508 e. The number of phenols is 1. The second-order valence-electron chi connectivity index (χ2n) is 10.1. The van der Waals surface area contributed by atoms with Crippen molar-refractivity contribution in [3.8, 4) is 5.75 Å². The summed E-state index contributed by atoms with van der Waals surface area (Å²) in [6.45, 7) is 2.51. The van der Waals surface area contributed by atoms with E-state index in [9.17, 15) is 5.11 Å². The zero-order valence-electron chi connectivity index (χ0n) is 17.2. The molecule has 1 aliphatic heterocycles. The van der Waals surface area contributed by atoms with Crippen LogP contribution in [0.4, 0.5) is 0 Å². The van der Waals surface area contributed by atoms with Crippen LogP contribution in [0.5, 0.6) is 5.75 Å². The molecule has 3 aromatic rings. The molecule has 1 saturated carbocycles. The van der Waals surface area contributed by atoms with E-state index in [0.29, 0.717) is 17.7 Å². The highest BCUT2D eigenvalue weighted by molar-refractivity contribution is 5.85. The molecule has 4 heteroatoms. The number of H-pyrrole nitrogens is 1. The topological polar surface area (TPSA) is 39.3 Å². The highest BCUT2D eigenvalue weighted by Crippen LogP contribution is 2.56. The van der Waals surface area contributed by atoms with Crippen molar-refractivity contribution in [2.24, 2.45) is 11.8 Å². The molecule has 2 aromatic carbocycles. The van der Waals surface area contributed by atoms with Gasteiger partial charge in [0.25, 0.3) is 0 Å². The third-order valence-electron chi connectivity index (χ3n) is 8.56. The van der Waals surface area contributed by atoms with Gasteiger partial charge in [-0.25, -0.2) is 0 Å². The number of aromatic amines is 1. The van der Waals surface area contributed by atoms with Gasteiger partial charge in [0.05, 0.1) is 0 Å². The first-order valence-electron chi connectivity index (χ1n) is 11.4. The number of rotatable bonds is 2. The second kappa shape index (κ2) is 6.51. The maximum atomic E-state index is 10.3. The SMILES string of the molecule is Cl.Oc1ccc2c(c1)[C@]13CCN(CC4CC4)[C@H](C2)[C@@H]1Cc1c([nH]c2ccccc12)C3. The summed E-state index contributed by atoms with van der Waals surface area (Å²) in [4.78, 5) is 6.61. The Kier molecular flexibility index (Phi) is 4.08. The maximum Gasteiger partial charge on any atom is 0.115 e. The number of benzene rings is 2. The van der Waals surface area contributed by atoms with Gasteiger partial charge >= 0.3 is 0 Å². The fourth-order valence-corrected chi connectivity index (χ4v) is 7.03. The first-order valence-corrected chi connectivity index (χ1v) is 11.4. The molecule has 1 saturated heterocycles. The molecule has 4 aliphatic rings. The van der Waals surface area contributed by atoms with Crippen LogP contribution in [0.2, 0.25) is 0 Å². The lowest BCUT2D eigenvalue weighted by Gasteiger charge is -2.59. The minimum absolute atomic E-state index is 0. The highest BCUT2D eigenvalue weighted by Gasteiger charge is 2.55. The molecule has 1 aromatic heterocycles. The van der Waals surface area contributed by atoms with Crippen molar-refractivity contribution in [1.29, 1.82) is 0 Å². The molecule has 0 amide bonds. The van der Waals surface area contributed by atoms with Gasteiger partial charge in [-0.05, 0) is 91.8 Å². The van der Waals surface area contributed by atoms with Crippen LogP contribution in [0.15, 0.2) is 42.5 Å². The van der Waals surface area contributed by atoms with Gasteiger partial charge in [0.2, 0.25) is 0 Å². The van der Waals surface area contributed by atoms with Gasteiger partial charge in [-0.1, -0.05) is 24.3 Å². The molecule has 7 rings (SSSR count). The number of hydrogen-bond acceptors (Lipinski definition) is 2. The van der Waals surface area contributed by atoms with Crippen LogP contribution in [0.1, 0.15) is 41.6 Å². The van der Waals surface area contributed by atoms with Gasteiger partial charge in [0, 0.05) is 34.6 Å². The third-order valence-corrected chi connectivity index (χ3v) is 8.56. The zero-order valence-corrected chi connectivity index (χ0v) is 18.0. The average Bonchev–Trinajstić information content (AvgIpc) is 3.48. The number of para-hydroxylation sites is 1. The zero-order chi connectivity index (χ0) is 19.2. The predicted octanol–water partition coefficient (Wildman–Crippen LogP) is 4.99. The summed E-state index contributed by atoms with van der Waals surface area (Å²) >= 11 is 0. The van der Waals surface area contributed by atoms with Gasteiger partial charge in [0.15, 0.2) is 0 Å². The van der Waals surface area contributed by atoms with Crippen LogP contribution >= 0.6 is 12.4 Å². The van der Waals surface area contributed by atoms with Crippen LogP contribution in [0, 0.1) is 11.8 Å². The molecule has 2 N–H and O–H groups in total. The van der Waals surface area contributed by atoms with E-state index in [-0.39, 0.29) is 17.8 Å². The first-order chi connectivity index (χ1) is 14.2. The second-order valence-corrected chi connectivity index (χ2v) is 10.1. The summed E-state index contributed by atoms with van der Waals surface area (Å²) in [7, 11) is 0. The van der Waals surface area contributed by atoms with Crippen LogP contribution in [0.25, 0.3) is 10.9 Å². The fraction of sp³-hybridized carbons (Fsp3) is 0.462. The van der Waals surface area contributed by atoms with Crippen LogP contribution in [-0.2, 0) is 24.7 Å². The predicted molar refractivity (Wildman–Crippen MR) is 123 cm³/mol. The lowest BCUT2D eigenvalue weighted by molar-refractivity contribution is 0.00515. The summed E-state index contributed by atoms with van der Waals surface area (Å²) in [5, 5.41) is 11.8. The highest BCUT2D eigenvalue weighted by atomic mass is 35.5. The smallest absolute Gasteiger partial charge is 0.115 e. The Balaban J connectivity index is 0.00000175. The first kappa shape index (κ1) is 18.8. The molecule has 30 heavy (non-hydrogen) atoms. The van der Waals surface area contributed by atoms with E-state index in [1.165, 1.54) is 66.5 Å². The van der Waals surface area contributed by atoms with E-state index in [2.05, 4.69) is 46.3 Å². The van der Waals surface area contributed by atoms with Crippen molar-refractivity contribution in [1.82, 2.24) is 9.88 Å². The van der Waals surface area contributed by atoms with E-state index in [1.54, 1.807) is 5.56 Å². The molecule has 0 radical (unpaired) electrons. The molecule has 3 nitrogen and oxygen atoms in total. The van der Waals surface area contributed by atoms with E-state index >= 15 is 0 Å². The number of aromatic hydroxyl groups is 1. The molecular formula is C26H29ClN2O. The summed E-state index contributed by atoms with van der Waals surface area (Å²) in [5.41, 5.74) is 7.37. The lowest BCUT2D eigenvalue weighted by atomic mass is 9.52. The number of halogens is 1. The molecule has 2 fully saturated rings. The number of fused-ring (bicyclic) bond motifs is 4. The Labute approximate surface area is 183 Å². The standard InChI is InChI=1S/C26H28N2O.ClH/c29-18-8-7-17-11-25-22-13-20-19-3-1-2-4-23(19)27-24(20)14-26(22,21(17)12-18)9-10-28(25)15-16-5-6-16;/h1-4,7-8,12,16,22,25,27,29H,5-6,9-11,13-15H2;1H/t22-,25+,26+;/m0./s1. The van der Waals surface area contributed by atoms with Crippen LogP contribution in [0.3, 0.4) is 0 Å². The number of piperidine rings is 1. The van der Waals surface area contributed by atoms with Gasteiger partial charge in [-0.3, -0.25) is 4.90 Å². The maximum absolute atomic E-state index is 10.3. The molecule has 156 valence electrons. The van der Waals surface area contributed by atoms with Crippen molar-refractivity contribution in [3.63, 3.8) is 0 Å². The van der Waals surface area contributed by atoms with E-state index in [0.717, 1.165) is 18.8 Å². The minimum atomic E-state index is 0. The molecule has 2 heterocycles. The summed E-state index contributed by atoms with van der Waals surface area (Å²) in [6.07, 6.45) is 7.47. The van der Waals surface area contributed by atoms with E-state index < -0.39 is 0 Å². The van der Waals surface area contributed by atoms with Crippen molar-refractivity contribution in [3.05, 3.63) is 64.8 Å². The van der Waals surface area contributed by atoms with Gasteiger partial charge < -0.3 is 10.1 Å². The monoisotopic (exact) mass is 420 g/mol. The Hall–Kier alpha value is -1.97. The van der Waals surface area contributed by atoms with Gasteiger partial charge in [0.1, 0.15) is 5.75 Å². The normalized spacial score (nSPS) is 29.6. The number of likely N-dealkylation sites (tertiary alicyclic amines) is 1. The number of nitrogens with zero attached hydrogens (tertiary/aromatic N) is 1. The van der Waals surface area contributed by atoms with Crippen LogP contribution < -0.4 is 0 Å². The summed E-state index contributed by atoms with van der Waals surface area (Å²) in [5.74, 6) is 2.02. The number of hydrogen-bond donors (Lipinski definition) is 2. The van der Waals surface area contributed by atoms with Crippen molar-refractivity contribution >= 4 is 23.3 Å². The van der Waals surface area contributed by atoms with Gasteiger partial charge in [-0.2, -0.15) is 0 Å². The molecule has 0 spiro atoms. The molecule has 3 atom stereocenters. The van der Waals surface area contributed by atoms with Gasteiger partial charge in [-0.15, -0.1) is 12.4 Å². The Morgan fingerprint density at radius 2 is 1.97 bits per heavy atom. The third kappa shape index (κ3) is 2.55. The van der Waals surface area contributed by atoms with Crippen LogP contribution in [-0.4, -0.2) is 34.1 Å². The minimum Gasteiger partial charge on any atom is -0.508 e. The van der Waals surface area contributed by atoms with Crippen molar-refractivity contribution in [2.75, 3.05) is 13.1 Å². The number of aromatic nitrogens is 1. The number of nitrogens with one attached hydrogen (secondary N) is 1. The van der Waals surface area contributed by atoms with Crippen molar-refractivity contribution in [2.45, 2.75) is 50.0 Å². The summed E-state index contributed by atoms with van der Waals surface area (Å²) in [6, 6.07) is 15.7. The number of phenolic OH excluding ortho intramolecular Hbond substituents is 1. The molecule has 0 unspecified atom stereocenters. The average molecular weight is 421 g/mol. The molecular weight excluding hydrogens is 392 g/mol. The Bertz CT molecular complexity index is 1130. The fourth-order valence-electron chi connectivity index (χ4n) is 7.03. The van der Waals surface area contributed by atoms with Crippen molar-refractivity contribution < 1.29 is 5.11 Å². The lowest BCUT2D eigenvalue weighted by Crippen LogP contribution is -2.62. The Morgan fingerprint density at radius 3 is 2.83 bits per heavy atom. The van der Waals surface area contributed by atoms with E-state index in [4.69, 9.17) is 0 Å². The summed E-state index contributed by atoms with van der Waals surface area (Å²) < 4.78 is 0.